The van der Waals surface area contributed by atoms with Crippen molar-refractivity contribution in [1.29, 1.82) is 0 Å². The maximum atomic E-state index is 11.8. The third-order valence-corrected chi connectivity index (χ3v) is 4.11. The molecule has 1 rings (SSSR count). The van der Waals surface area contributed by atoms with Crippen LogP contribution in [0.5, 0.6) is 0 Å². The van der Waals surface area contributed by atoms with Crippen LogP contribution in [0.2, 0.25) is 0 Å². The summed E-state index contributed by atoms with van der Waals surface area (Å²) in [5.74, 6) is -0.446. The number of nitrogen functional groups attached to an aromatic ring is 1. The average molecular weight is 271 g/mol. The molecular formula is C12H17NO4S. The molecule has 0 heterocycles. The van der Waals surface area contributed by atoms with Crippen LogP contribution in [0.4, 0.5) is 5.69 Å². The zero-order valence-corrected chi connectivity index (χ0v) is 11.1. The first kappa shape index (κ1) is 14.5. The molecule has 2 N–H and O–H groups in total. The lowest BCUT2D eigenvalue weighted by molar-refractivity contribution is -0.140. The summed E-state index contributed by atoms with van der Waals surface area (Å²) in [4.78, 5) is 10.9. The van der Waals surface area contributed by atoms with Crippen LogP contribution < -0.4 is 5.73 Å². The van der Waals surface area contributed by atoms with Crippen molar-refractivity contribution in [3.63, 3.8) is 0 Å². The summed E-state index contributed by atoms with van der Waals surface area (Å²) in [5, 5.41) is 0. The summed E-state index contributed by atoms with van der Waals surface area (Å²) in [7, 11) is -1.92. The molecule has 5 nitrogen and oxygen atoms in total. The highest BCUT2D eigenvalue weighted by atomic mass is 32.2. The summed E-state index contributed by atoms with van der Waals surface area (Å²) >= 11 is 0. The van der Waals surface area contributed by atoms with Gasteiger partial charge >= 0.3 is 5.97 Å². The summed E-state index contributed by atoms with van der Waals surface area (Å²) in [6.07, 6.45) is 0.404. The molecule has 1 aromatic carbocycles. The number of rotatable bonds is 6. The van der Waals surface area contributed by atoms with Crippen LogP contribution in [-0.2, 0) is 25.1 Å². The smallest absolute Gasteiger partial charge is 0.305 e. The van der Waals surface area contributed by atoms with Gasteiger partial charge in [-0.05, 0) is 24.1 Å². The molecule has 1 aromatic rings. The number of carbonyl (C=O) groups excluding carboxylic acids is 1. The van der Waals surface area contributed by atoms with Crippen molar-refractivity contribution in [1.82, 2.24) is 0 Å². The zero-order chi connectivity index (χ0) is 13.6. The van der Waals surface area contributed by atoms with Crippen molar-refractivity contribution >= 4 is 21.5 Å². The van der Waals surface area contributed by atoms with E-state index in [4.69, 9.17) is 5.73 Å². The van der Waals surface area contributed by atoms with Gasteiger partial charge in [-0.1, -0.05) is 12.1 Å². The normalized spacial score (nSPS) is 11.2. The van der Waals surface area contributed by atoms with E-state index in [2.05, 4.69) is 4.74 Å². The Kier molecular flexibility index (Phi) is 5.15. The first-order chi connectivity index (χ1) is 8.43. The first-order valence-corrected chi connectivity index (χ1v) is 7.37. The minimum Gasteiger partial charge on any atom is -0.469 e. The summed E-state index contributed by atoms with van der Waals surface area (Å²) < 4.78 is 28.0. The molecule has 100 valence electrons. The molecule has 0 fully saturated rings. The lowest BCUT2D eigenvalue weighted by atomic mass is 10.2. The van der Waals surface area contributed by atoms with E-state index in [0.717, 1.165) is 0 Å². The Balaban J connectivity index is 2.49. The number of esters is 1. The van der Waals surface area contributed by atoms with Crippen LogP contribution in [0.25, 0.3) is 0 Å². The Hall–Kier alpha value is -1.56. The Bertz CT molecular complexity index is 493. The minimum atomic E-state index is -3.20. The molecule has 6 heteroatoms. The van der Waals surface area contributed by atoms with Crippen LogP contribution in [0.3, 0.4) is 0 Å². The number of ether oxygens (including phenoxy) is 1. The predicted octanol–water partition coefficient (Wildman–Crippen LogP) is 1.14. The SMILES string of the molecule is COC(=O)CCCS(=O)(=O)Cc1ccc(N)cc1. The van der Waals surface area contributed by atoms with Gasteiger partial charge in [-0.2, -0.15) is 0 Å². The zero-order valence-electron chi connectivity index (χ0n) is 10.3. The molecule has 0 spiro atoms. The Morgan fingerprint density at radius 3 is 2.44 bits per heavy atom. The molecule has 0 saturated carbocycles. The van der Waals surface area contributed by atoms with Crippen LogP contribution in [0, 0.1) is 0 Å². The lowest BCUT2D eigenvalue weighted by Gasteiger charge is -2.04. The molecule has 0 aromatic heterocycles. The summed E-state index contributed by atoms with van der Waals surface area (Å²) in [5.41, 5.74) is 6.81. The molecule has 0 unspecified atom stereocenters. The van der Waals surface area contributed by atoms with Gasteiger partial charge in [0.25, 0.3) is 0 Å². The summed E-state index contributed by atoms with van der Waals surface area (Å²) in [6, 6.07) is 6.71. The molecule has 0 amide bonds. The number of sulfone groups is 1. The predicted molar refractivity (Wildman–Crippen MR) is 69.6 cm³/mol. The Labute approximate surface area is 107 Å². The monoisotopic (exact) mass is 271 g/mol. The largest absolute Gasteiger partial charge is 0.469 e. The number of carbonyl (C=O) groups is 1. The quantitative estimate of drug-likeness (QED) is 0.619. The lowest BCUT2D eigenvalue weighted by Crippen LogP contribution is -2.11. The molecule has 0 atom stereocenters. The fraction of sp³-hybridized carbons (Fsp3) is 0.417. The van der Waals surface area contributed by atoms with Crippen LogP contribution in [-0.4, -0.2) is 27.2 Å². The van der Waals surface area contributed by atoms with E-state index in [-0.39, 0.29) is 24.3 Å². The van der Waals surface area contributed by atoms with E-state index in [9.17, 15) is 13.2 Å². The van der Waals surface area contributed by atoms with Crippen molar-refractivity contribution in [2.45, 2.75) is 18.6 Å². The second-order valence-electron chi connectivity index (χ2n) is 4.01. The highest BCUT2D eigenvalue weighted by Crippen LogP contribution is 2.11. The number of anilines is 1. The van der Waals surface area contributed by atoms with Crippen molar-refractivity contribution in [3.8, 4) is 0 Å². The number of methoxy groups -OCH3 is 1. The molecule has 0 bridgehead atoms. The number of benzene rings is 1. The van der Waals surface area contributed by atoms with Gasteiger partial charge in [-0.3, -0.25) is 4.79 Å². The van der Waals surface area contributed by atoms with Gasteiger partial charge in [0.2, 0.25) is 0 Å². The van der Waals surface area contributed by atoms with E-state index < -0.39 is 15.8 Å². The van der Waals surface area contributed by atoms with Gasteiger partial charge in [-0.25, -0.2) is 8.42 Å². The summed E-state index contributed by atoms with van der Waals surface area (Å²) in [6.45, 7) is 0. The molecule has 0 saturated heterocycles. The number of hydrogen-bond acceptors (Lipinski definition) is 5. The Morgan fingerprint density at radius 2 is 1.89 bits per heavy atom. The van der Waals surface area contributed by atoms with Crippen LogP contribution in [0.15, 0.2) is 24.3 Å². The average Bonchev–Trinajstić information content (AvgIpc) is 2.31. The van der Waals surface area contributed by atoms with Gasteiger partial charge in [0.15, 0.2) is 9.84 Å². The fourth-order valence-corrected chi connectivity index (χ4v) is 2.91. The standard InChI is InChI=1S/C12H17NO4S/c1-17-12(14)3-2-8-18(15,16)9-10-4-6-11(13)7-5-10/h4-7H,2-3,8-9,13H2,1H3. The molecule has 0 radical (unpaired) electrons. The molecule has 0 aliphatic heterocycles. The van der Waals surface area contributed by atoms with Gasteiger partial charge in [0, 0.05) is 12.1 Å². The van der Waals surface area contributed by atoms with Crippen molar-refractivity contribution in [2.75, 3.05) is 18.6 Å². The molecule has 0 aliphatic rings. The third kappa shape index (κ3) is 5.18. The molecular weight excluding hydrogens is 254 g/mol. The second-order valence-corrected chi connectivity index (χ2v) is 6.20. The van der Waals surface area contributed by atoms with Crippen molar-refractivity contribution in [3.05, 3.63) is 29.8 Å². The van der Waals surface area contributed by atoms with Gasteiger partial charge in [-0.15, -0.1) is 0 Å². The van der Waals surface area contributed by atoms with E-state index >= 15 is 0 Å². The Morgan fingerprint density at radius 1 is 1.28 bits per heavy atom. The van der Waals surface area contributed by atoms with Gasteiger partial charge in [0.1, 0.15) is 0 Å². The highest BCUT2D eigenvalue weighted by molar-refractivity contribution is 7.90. The van der Waals surface area contributed by atoms with Gasteiger partial charge in [0.05, 0.1) is 18.6 Å². The number of hydrogen-bond donors (Lipinski definition) is 1. The maximum absolute atomic E-state index is 11.8. The topological polar surface area (TPSA) is 86.5 Å². The highest BCUT2D eigenvalue weighted by Gasteiger charge is 2.13. The molecule has 0 aliphatic carbocycles. The minimum absolute atomic E-state index is 0.0214. The van der Waals surface area contributed by atoms with E-state index in [0.29, 0.717) is 11.3 Å². The van der Waals surface area contributed by atoms with E-state index in [1.807, 2.05) is 0 Å². The van der Waals surface area contributed by atoms with Crippen LogP contribution in [0.1, 0.15) is 18.4 Å². The van der Waals surface area contributed by atoms with E-state index in [1.165, 1.54) is 7.11 Å². The van der Waals surface area contributed by atoms with Crippen LogP contribution >= 0.6 is 0 Å². The van der Waals surface area contributed by atoms with E-state index in [1.54, 1.807) is 24.3 Å². The van der Waals surface area contributed by atoms with Crippen molar-refractivity contribution < 1.29 is 17.9 Å². The number of nitrogens with two attached hydrogens (primary N) is 1. The second kappa shape index (κ2) is 6.39. The molecule has 18 heavy (non-hydrogen) atoms. The van der Waals surface area contributed by atoms with Gasteiger partial charge < -0.3 is 10.5 Å². The third-order valence-electron chi connectivity index (χ3n) is 2.43. The van der Waals surface area contributed by atoms with Crippen molar-refractivity contribution in [2.24, 2.45) is 0 Å². The maximum Gasteiger partial charge on any atom is 0.305 e. The first-order valence-electron chi connectivity index (χ1n) is 5.54. The fourth-order valence-electron chi connectivity index (χ4n) is 1.48.